The second-order valence-electron chi connectivity index (χ2n) is 5.33. The smallest absolute Gasteiger partial charge is 0.268 e. The molecule has 1 heterocycles. The van der Waals surface area contributed by atoms with Gasteiger partial charge in [-0.15, -0.1) is 0 Å². The summed E-state index contributed by atoms with van der Waals surface area (Å²) in [5.41, 5.74) is 0.859. The fourth-order valence-electron chi connectivity index (χ4n) is 2.57. The number of hydrogen-bond donors (Lipinski definition) is 1. The third kappa shape index (κ3) is 2.86. The van der Waals surface area contributed by atoms with E-state index < -0.39 is 15.8 Å². The monoisotopic (exact) mass is 344 g/mol. The highest BCUT2D eigenvalue weighted by Crippen LogP contribution is 2.30. The summed E-state index contributed by atoms with van der Waals surface area (Å²) in [5.74, 6) is -0.532. The van der Waals surface area contributed by atoms with Crippen LogP contribution >= 0.6 is 0 Å². The van der Waals surface area contributed by atoms with Crippen molar-refractivity contribution in [2.45, 2.75) is 11.4 Å². The molecule has 3 rings (SSSR count). The van der Waals surface area contributed by atoms with E-state index in [-0.39, 0.29) is 17.1 Å². The van der Waals surface area contributed by atoms with Gasteiger partial charge in [-0.1, -0.05) is 48.5 Å². The minimum atomic E-state index is -3.89. The van der Waals surface area contributed by atoms with Crippen molar-refractivity contribution in [2.75, 3.05) is 7.05 Å². The van der Waals surface area contributed by atoms with Crippen LogP contribution in [0.5, 0.6) is 0 Å². The van der Waals surface area contributed by atoms with Crippen molar-refractivity contribution < 1.29 is 12.8 Å². The molecule has 0 fully saturated rings. The van der Waals surface area contributed by atoms with Gasteiger partial charge in [-0.2, -0.15) is 0 Å². The number of halogens is 1. The van der Waals surface area contributed by atoms with E-state index in [1.54, 1.807) is 55.6 Å². The summed E-state index contributed by atoms with van der Waals surface area (Å²) < 4.78 is 41.9. The quantitative estimate of drug-likeness (QED) is 0.773. The average Bonchev–Trinajstić information content (AvgIpc) is 2.94. The van der Waals surface area contributed by atoms with Crippen molar-refractivity contribution in [1.29, 1.82) is 0 Å². The van der Waals surface area contributed by atoms with Gasteiger partial charge < -0.3 is 5.32 Å². The van der Waals surface area contributed by atoms with Gasteiger partial charge in [0.2, 0.25) is 0 Å². The molecule has 124 valence electrons. The summed E-state index contributed by atoms with van der Waals surface area (Å²) in [7, 11) is -2.20. The van der Waals surface area contributed by atoms with E-state index in [2.05, 4.69) is 5.32 Å². The second kappa shape index (κ2) is 6.59. The lowest BCUT2D eigenvalue weighted by Gasteiger charge is -2.10. The molecule has 24 heavy (non-hydrogen) atoms. The normalized spacial score (nSPS) is 11.6. The summed E-state index contributed by atoms with van der Waals surface area (Å²) in [6.45, 7) is 0.239. The molecule has 0 aliphatic rings. The highest BCUT2D eigenvalue weighted by molar-refractivity contribution is 7.90. The molecule has 0 radical (unpaired) electrons. The zero-order valence-corrected chi connectivity index (χ0v) is 13.9. The first kappa shape index (κ1) is 16.4. The van der Waals surface area contributed by atoms with Crippen LogP contribution in [0.15, 0.2) is 71.8 Å². The first-order valence-electron chi connectivity index (χ1n) is 7.46. The lowest BCUT2D eigenvalue weighted by Crippen LogP contribution is -2.13. The maximum Gasteiger partial charge on any atom is 0.268 e. The molecule has 0 bridgehead atoms. The lowest BCUT2D eigenvalue weighted by molar-refractivity contribution is 0.585. The number of hydrogen-bond acceptors (Lipinski definition) is 3. The van der Waals surface area contributed by atoms with Crippen LogP contribution < -0.4 is 5.32 Å². The van der Waals surface area contributed by atoms with Crippen LogP contribution in [0.25, 0.3) is 11.3 Å². The first-order valence-corrected chi connectivity index (χ1v) is 8.90. The molecule has 0 spiro atoms. The number of nitrogens with zero attached hydrogens (tertiary/aromatic N) is 1. The van der Waals surface area contributed by atoms with E-state index in [1.807, 2.05) is 0 Å². The Labute approximate surface area is 140 Å². The van der Waals surface area contributed by atoms with Gasteiger partial charge in [0.25, 0.3) is 10.0 Å². The number of nitrogens with one attached hydrogen (secondary N) is 1. The molecule has 6 heteroatoms. The highest BCUT2D eigenvalue weighted by atomic mass is 32.2. The van der Waals surface area contributed by atoms with Gasteiger partial charge >= 0.3 is 0 Å². The minimum absolute atomic E-state index is 0.0460. The first-order chi connectivity index (χ1) is 11.6. The van der Waals surface area contributed by atoms with Crippen molar-refractivity contribution in [3.05, 3.63) is 78.2 Å². The molecule has 0 aliphatic carbocycles. The van der Waals surface area contributed by atoms with E-state index in [1.165, 1.54) is 18.3 Å². The molecule has 1 aromatic heterocycles. The van der Waals surface area contributed by atoms with Gasteiger partial charge in [0.1, 0.15) is 5.69 Å². The van der Waals surface area contributed by atoms with Gasteiger partial charge in [0.05, 0.1) is 4.90 Å². The molecular weight excluding hydrogens is 327 g/mol. The van der Waals surface area contributed by atoms with Crippen LogP contribution in [0.4, 0.5) is 4.39 Å². The van der Waals surface area contributed by atoms with Crippen LogP contribution in [-0.2, 0) is 16.6 Å². The number of rotatable bonds is 5. The van der Waals surface area contributed by atoms with Crippen molar-refractivity contribution in [3.8, 4) is 11.3 Å². The summed E-state index contributed by atoms with van der Waals surface area (Å²) in [4.78, 5) is 0.119. The Bertz CT molecular complexity index is 936. The molecular formula is C18H17FN2O2S. The van der Waals surface area contributed by atoms with Gasteiger partial charge in [-0.05, 0) is 19.2 Å². The van der Waals surface area contributed by atoms with Crippen LogP contribution in [0.1, 0.15) is 5.56 Å². The summed E-state index contributed by atoms with van der Waals surface area (Å²) in [6.07, 6.45) is 1.34. The Balaban J connectivity index is 2.26. The van der Waals surface area contributed by atoms with Crippen LogP contribution in [0.2, 0.25) is 0 Å². The van der Waals surface area contributed by atoms with Crippen LogP contribution in [0.3, 0.4) is 0 Å². The van der Waals surface area contributed by atoms with Crippen molar-refractivity contribution in [2.24, 2.45) is 0 Å². The Kier molecular flexibility index (Phi) is 4.51. The molecule has 4 nitrogen and oxygen atoms in total. The SMILES string of the molecule is CNCc1cn(S(=O)(=O)c2ccccc2)c(-c2ccccc2)c1F. The Hall–Kier alpha value is -2.44. The topological polar surface area (TPSA) is 51.1 Å². The Morgan fingerprint density at radius 2 is 1.58 bits per heavy atom. The predicted octanol–water partition coefficient (Wildman–Crippen LogP) is 3.25. The standard InChI is InChI=1S/C18H17FN2O2S/c1-20-12-15-13-21(24(22,23)16-10-6-3-7-11-16)18(17(15)19)14-8-4-2-5-9-14/h2-11,13,20H,12H2,1H3. The molecule has 1 N–H and O–H groups in total. The van der Waals surface area contributed by atoms with Gasteiger partial charge in [-0.25, -0.2) is 16.8 Å². The molecule has 0 amide bonds. The van der Waals surface area contributed by atoms with E-state index in [9.17, 15) is 12.8 Å². The highest BCUT2D eigenvalue weighted by Gasteiger charge is 2.26. The number of benzene rings is 2. The Morgan fingerprint density at radius 1 is 1.00 bits per heavy atom. The fourth-order valence-corrected chi connectivity index (χ4v) is 3.99. The molecule has 2 aromatic carbocycles. The molecule has 0 unspecified atom stereocenters. The maximum absolute atomic E-state index is 14.9. The molecule has 0 aliphatic heterocycles. The third-order valence-electron chi connectivity index (χ3n) is 3.70. The maximum atomic E-state index is 14.9. The zero-order chi connectivity index (χ0) is 17.2. The van der Waals surface area contributed by atoms with Gasteiger partial charge in [0.15, 0.2) is 5.82 Å². The van der Waals surface area contributed by atoms with Crippen LogP contribution in [-0.4, -0.2) is 19.4 Å². The van der Waals surface area contributed by atoms with E-state index in [4.69, 9.17) is 0 Å². The van der Waals surface area contributed by atoms with Gasteiger partial charge in [0, 0.05) is 23.9 Å². The fraction of sp³-hybridized carbons (Fsp3) is 0.111. The molecule has 0 atom stereocenters. The lowest BCUT2D eigenvalue weighted by atomic mass is 10.1. The van der Waals surface area contributed by atoms with Crippen molar-refractivity contribution in [1.82, 2.24) is 9.29 Å². The summed E-state index contributed by atoms with van der Waals surface area (Å²) in [6, 6.07) is 16.7. The van der Waals surface area contributed by atoms with E-state index in [0.717, 1.165) is 3.97 Å². The second-order valence-corrected chi connectivity index (χ2v) is 7.14. The summed E-state index contributed by atoms with van der Waals surface area (Å²) >= 11 is 0. The average molecular weight is 344 g/mol. The zero-order valence-electron chi connectivity index (χ0n) is 13.1. The number of aromatic nitrogens is 1. The van der Waals surface area contributed by atoms with E-state index >= 15 is 0 Å². The molecule has 3 aromatic rings. The molecule has 0 saturated carbocycles. The Morgan fingerprint density at radius 3 is 2.17 bits per heavy atom. The van der Waals surface area contributed by atoms with Crippen LogP contribution in [0, 0.1) is 5.82 Å². The van der Waals surface area contributed by atoms with Crippen molar-refractivity contribution in [3.63, 3.8) is 0 Å². The van der Waals surface area contributed by atoms with Gasteiger partial charge in [-0.3, -0.25) is 0 Å². The van der Waals surface area contributed by atoms with E-state index in [0.29, 0.717) is 11.1 Å². The van der Waals surface area contributed by atoms with Crippen molar-refractivity contribution >= 4 is 10.0 Å². The summed E-state index contributed by atoms with van der Waals surface area (Å²) in [5, 5.41) is 2.86. The third-order valence-corrected chi connectivity index (χ3v) is 5.37. The largest absolute Gasteiger partial charge is 0.316 e. The minimum Gasteiger partial charge on any atom is -0.316 e. The predicted molar refractivity (Wildman–Crippen MR) is 91.6 cm³/mol. The molecule has 0 saturated heterocycles.